The van der Waals surface area contributed by atoms with Crippen LogP contribution in [0, 0.1) is 10.1 Å². The number of carbonyl (C=O) groups is 1. The van der Waals surface area contributed by atoms with Crippen LogP contribution in [0.5, 0.6) is 0 Å². The van der Waals surface area contributed by atoms with Crippen LogP contribution in [0.1, 0.15) is 0 Å². The number of rotatable bonds is 3. The van der Waals surface area contributed by atoms with Crippen LogP contribution in [0.4, 0.5) is 11.5 Å². The number of anilines is 1. The molecule has 1 heterocycles. The Labute approximate surface area is 67.4 Å². The fourth-order valence-electron chi connectivity index (χ4n) is 0.711. The molecule has 1 amide bonds. The first kappa shape index (κ1) is 8.12. The van der Waals surface area contributed by atoms with E-state index in [-0.39, 0.29) is 11.5 Å². The Morgan fingerprint density at radius 2 is 2.42 bits per heavy atom. The van der Waals surface area contributed by atoms with Crippen molar-refractivity contribution >= 4 is 17.9 Å². The second kappa shape index (κ2) is 3.42. The van der Waals surface area contributed by atoms with Gasteiger partial charge in [0, 0.05) is 12.3 Å². The van der Waals surface area contributed by atoms with Crippen LogP contribution in [0.25, 0.3) is 0 Å². The van der Waals surface area contributed by atoms with Crippen LogP contribution >= 0.6 is 0 Å². The number of carbonyl (C=O) groups excluding carboxylic acids is 1. The summed E-state index contributed by atoms with van der Waals surface area (Å²) in [6, 6.07) is 2.69. The van der Waals surface area contributed by atoms with Gasteiger partial charge in [-0.1, -0.05) is 0 Å². The summed E-state index contributed by atoms with van der Waals surface area (Å²) in [4.78, 5) is 23.3. The number of hydrogen-bond donors (Lipinski definition) is 1. The lowest BCUT2D eigenvalue weighted by atomic mass is 10.4. The van der Waals surface area contributed by atoms with Crippen LogP contribution in [-0.4, -0.2) is 16.3 Å². The van der Waals surface area contributed by atoms with Gasteiger partial charge < -0.3 is 5.32 Å². The largest absolute Gasteiger partial charge is 0.311 e. The monoisotopic (exact) mass is 167 g/mol. The van der Waals surface area contributed by atoms with Gasteiger partial charge in [0.2, 0.25) is 12.2 Å². The highest BCUT2D eigenvalue weighted by molar-refractivity contribution is 5.74. The van der Waals surface area contributed by atoms with Gasteiger partial charge in [0.15, 0.2) is 0 Å². The highest BCUT2D eigenvalue weighted by atomic mass is 16.6. The highest BCUT2D eigenvalue weighted by Gasteiger charge is 2.12. The summed E-state index contributed by atoms with van der Waals surface area (Å²) >= 11 is 0. The molecule has 0 saturated carbocycles. The van der Waals surface area contributed by atoms with Crippen LogP contribution < -0.4 is 5.32 Å². The third kappa shape index (κ3) is 1.54. The van der Waals surface area contributed by atoms with Gasteiger partial charge in [-0.15, -0.1) is 0 Å². The Morgan fingerprint density at radius 3 is 3.00 bits per heavy atom. The molecule has 1 aromatic heterocycles. The summed E-state index contributed by atoms with van der Waals surface area (Å²) in [7, 11) is 0. The van der Waals surface area contributed by atoms with Crippen molar-refractivity contribution in [2.75, 3.05) is 5.32 Å². The minimum Gasteiger partial charge on any atom is -0.308 e. The predicted octanol–water partition coefficient (Wildman–Crippen LogP) is 0.558. The van der Waals surface area contributed by atoms with Gasteiger partial charge in [0.25, 0.3) is 0 Å². The number of hydrogen-bond acceptors (Lipinski definition) is 4. The number of pyridine rings is 1. The molecule has 6 heteroatoms. The summed E-state index contributed by atoms with van der Waals surface area (Å²) in [5.41, 5.74) is -0.218. The molecule has 0 aliphatic rings. The van der Waals surface area contributed by atoms with Gasteiger partial charge in [-0.05, 0) is 6.07 Å². The first-order valence-corrected chi connectivity index (χ1v) is 3.05. The summed E-state index contributed by atoms with van der Waals surface area (Å²) < 4.78 is 0. The Balaban J connectivity index is 3.07. The van der Waals surface area contributed by atoms with E-state index in [2.05, 4.69) is 10.3 Å². The Hall–Kier alpha value is -1.98. The molecule has 0 aliphatic heterocycles. The molecule has 1 N–H and O–H groups in total. The third-order valence-electron chi connectivity index (χ3n) is 1.18. The number of nitrogens with zero attached hydrogens (tertiary/aromatic N) is 2. The van der Waals surface area contributed by atoms with Crippen LogP contribution in [0.2, 0.25) is 0 Å². The van der Waals surface area contributed by atoms with Crippen molar-refractivity contribution in [3.8, 4) is 0 Å². The molecule has 0 spiro atoms. The highest BCUT2D eigenvalue weighted by Crippen LogP contribution is 2.18. The van der Waals surface area contributed by atoms with Crippen molar-refractivity contribution in [2.45, 2.75) is 0 Å². The van der Waals surface area contributed by atoms with E-state index < -0.39 is 4.92 Å². The van der Waals surface area contributed by atoms with Crippen molar-refractivity contribution in [1.82, 2.24) is 4.98 Å². The number of aromatic nitrogens is 1. The van der Waals surface area contributed by atoms with Crippen molar-refractivity contribution in [2.24, 2.45) is 0 Å². The molecule has 12 heavy (non-hydrogen) atoms. The summed E-state index contributed by atoms with van der Waals surface area (Å²) in [6.07, 6.45) is 1.70. The summed E-state index contributed by atoms with van der Waals surface area (Å²) in [5, 5.41) is 12.4. The van der Waals surface area contributed by atoms with Gasteiger partial charge in [0.1, 0.15) is 0 Å². The maximum atomic E-state index is 10.3. The molecule has 6 nitrogen and oxygen atoms in total. The van der Waals surface area contributed by atoms with Crippen molar-refractivity contribution in [3.05, 3.63) is 28.4 Å². The Morgan fingerprint density at radius 1 is 1.67 bits per heavy atom. The SMILES string of the molecule is O=CNc1ncccc1[N+](=O)[O-]. The lowest BCUT2D eigenvalue weighted by Gasteiger charge is -1.96. The van der Waals surface area contributed by atoms with Crippen molar-refractivity contribution < 1.29 is 9.72 Å². The van der Waals surface area contributed by atoms with Crippen LogP contribution in [0.3, 0.4) is 0 Å². The first-order valence-electron chi connectivity index (χ1n) is 3.05. The number of amides is 1. The zero-order valence-electron chi connectivity index (χ0n) is 5.93. The second-order valence-corrected chi connectivity index (χ2v) is 1.89. The van der Waals surface area contributed by atoms with Gasteiger partial charge in [0.05, 0.1) is 4.92 Å². The topological polar surface area (TPSA) is 85.1 Å². The summed E-state index contributed by atoms with van der Waals surface area (Å²) in [6.45, 7) is 0. The molecule has 1 aromatic rings. The van der Waals surface area contributed by atoms with E-state index in [0.29, 0.717) is 6.41 Å². The molecule has 1 rings (SSSR count). The zero-order valence-corrected chi connectivity index (χ0v) is 5.93. The van der Waals surface area contributed by atoms with E-state index in [0.717, 1.165) is 0 Å². The minimum absolute atomic E-state index is 0.0440. The molecular formula is C6H5N3O3. The fraction of sp³-hybridized carbons (Fsp3) is 0. The molecule has 0 radical (unpaired) electrons. The second-order valence-electron chi connectivity index (χ2n) is 1.89. The number of nitrogens with one attached hydrogen (secondary N) is 1. The third-order valence-corrected chi connectivity index (χ3v) is 1.18. The van der Waals surface area contributed by atoms with Gasteiger partial charge >= 0.3 is 5.69 Å². The van der Waals surface area contributed by atoms with E-state index in [1.165, 1.54) is 18.3 Å². The molecule has 0 aliphatic carbocycles. The van der Waals surface area contributed by atoms with Crippen LogP contribution in [-0.2, 0) is 4.79 Å². The van der Waals surface area contributed by atoms with E-state index in [1.807, 2.05) is 0 Å². The predicted molar refractivity (Wildman–Crippen MR) is 40.6 cm³/mol. The molecule has 0 fully saturated rings. The zero-order chi connectivity index (χ0) is 8.97. The van der Waals surface area contributed by atoms with Crippen LogP contribution in [0.15, 0.2) is 18.3 Å². The lowest BCUT2D eigenvalue weighted by Crippen LogP contribution is -2.01. The van der Waals surface area contributed by atoms with Gasteiger partial charge in [-0.25, -0.2) is 4.98 Å². The van der Waals surface area contributed by atoms with Crippen molar-refractivity contribution in [1.29, 1.82) is 0 Å². The molecular weight excluding hydrogens is 162 g/mol. The molecule has 0 aromatic carbocycles. The minimum atomic E-state index is -0.612. The normalized spacial score (nSPS) is 9.00. The van der Waals surface area contributed by atoms with E-state index in [1.54, 1.807) is 0 Å². The lowest BCUT2D eigenvalue weighted by molar-refractivity contribution is -0.384. The van der Waals surface area contributed by atoms with E-state index in [9.17, 15) is 14.9 Å². The maximum Gasteiger partial charge on any atom is 0.311 e. The quantitative estimate of drug-likeness (QED) is 0.405. The first-order chi connectivity index (χ1) is 5.75. The standard InChI is InChI=1S/C6H5N3O3/c10-4-8-6-5(9(11)12)2-1-3-7-6/h1-4H,(H,7,8,10). The molecule has 0 bridgehead atoms. The smallest absolute Gasteiger partial charge is 0.308 e. The average Bonchev–Trinajstić information content (AvgIpc) is 2.05. The molecule has 62 valence electrons. The Kier molecular flexibility index (Phi) is 2.32. The summed E-state index contributed by atoms with van der Waals surface area (Å²) in [5.74, 6) is -0.0440. The van der Waals surface area contributed by atoms with Gasteiger partial charge in [-0.3, -0.25) is 14.9 Å². The molecule has 0 saturated heterocycles. The van der Waals surface area contributed by atoms with Gasteiger partial charge in [-0.2, -0.15) is 0 Å². The van der Waals surface area contributed by atoms with E-state index in [4.69, 9.17) is 0 Å². The Bertz CT molecular complexity index is 313. The molecule has 0 unspecified atom stereocenters. The average molecular weight is 167 g/mol. The maximum absolute atomic E-state index is 10.3. The van der Waals surface area contributed by atoms with E-state index >= 15 is 0 Å². The van der Waals surface area contributed by atoms with Crippen molar-refractivity contribution in [3.63, 3.8) is 0 Å². The molecule has 0 atom stereocenters. The number of nitro groups is 1. The fourth-order valence-corrected chi connectivity index (χ4v) is 0.711.